The molecule has 0 fully saturated rings. The molecular formula is C13H11BrN4. The van der Waals surface area contributed by atoms with E-state index in [1.54, 1.807) is 0 Å². The van der Waals surface area contributed by atoms with Crippen molar-refractivity contribution in [2.24, 2.45) is 0 Å². The van der Waals surface area contributed by atoms with Crippen LogP contribution in [-0.2, 0) is 0 Å². The third kappa shape index (κ3) is 3.28. The molecule has 90 valence electrons. The highest BCUT2D eigenvalue weighted by Gasteiger charge is 2.01. The van der Waals surface area contributed by atoms with Gasteiger partial charge in [0.1, 0.15) is 5.82 Å². The Morgan fingerprint density at radius 3 is 2.78 bits per heavy atom. The van der Waals surface area contributed by atoms with Crippen LogP contribution in [0.1, 0.15) is 6.42 Å². The number of halogens is 1. The van der Waals surface area contributed by atoms with E-state index in [-0.39, 0.29) is 0 Å². The van der Waals surface area contributed by atoms with Crippen LogP contribution in [0.4, 0.5) is 5.82 Å². The molecule has 18 heavy (non-hydrogen) atoms. The minimum atomic E-state index is 0.453. The van der Waals surface area contributed by atoms with Gasteiger partial charge in [-0.05, 0) is 24.3 Å². The number of anilines is 1. The number of nitrogens with one attached hydrogen (secondary N) is 1. The van der Waals surface area contributed by atoms with E-state index in [1.165, 1.54) is 0 Å². The molecule has 2 aromatic rings. The Morgan fingerprint density at radius 2 is 2.11 bits per heavy atom. The lowest BCUT2D eigenvalue weighted by atomic mass is 10.1. The molecule has 1 heterocycles. The van der Waals surface area contributed by atoms with Gasteiger partial charge < -0.3 is 5.32 Å². The van der Waals surface area contributed by atoms with E-state index in [0.717, 1.165) is 15.7 Å². The lowest BCUT2D eigenvalue weighted by Gasteiger charge is -2.04. The van der Waals surface area contributed by atoms with Crippen molar-refractivity contribution in [1.29, 1.82) is 5.26 Å². The number of nitriles is 1. The number of hydrogen-bond acceptors (Lipinski definition) is 4. The van der Waals surface area contributed by atoms with E-state index in [4.69, 9.17) is 5.26 Å². The van der Waals surface area contributed by atoms with Gasteiger partial charge in [-0.3, -0.25) is 0 Å². The molecule has 5 heteroatoms. The topological polar surface area (TPSA) is 61.6 Å². The van der Waals surface area contributed by atoms with Gasteiger partial charge in [-0.15, -0.1) is 10.2 Å². The zero-order chi connectivity index (χ0) is 12.8. The average molecular weight is 303 g/mol. The summed E-state index contributed by atoms with van der Waals surface area (Å²) in [7, 11) is 0. The molecule has 0 aliphatic heterocycles. The van der Waals surface area contributed by atoms with E-state index in [0.29, 0.717) is 18.8 Å². The summed E-state index contributed by atoms with van der Waals surface area (Å²) in [5, 5.41) is 19.7. The Kier molecular flexibility index (Phi) is 4.26. The van der Waals surface area contributed by atoms with Gasteiger partial charge in [0.2, 0.25) is 0 Å². The molecular weight excluding hydrogens is 292 g/mol. The molecule has 0 radical (unpaired) electrons. The average Bonchev–Trinajstić information content (AvgIpc) is 2.40. The Balaban J connectivity index is 2.10. The molecule has 0 spiro atoms. The molecule has 0 atom stereocenters. The van der Waals surface area contributed by atoms with Crippen LogP contribution in [0, 0.1) is 11.3 Å². The smallest absolute Gasteiger partial charge is 0.148 e. The lowest BCUT2D eigenvalue weighted by molar-refractivity contribution is 0.992. The van der Waals surface area contributed by atoms with Gasteiger partial charge in [0.05, 0.1) is 18.2 Å². The Hall–Kier alpha value is -1.93. The fraction of sp³-hybridized carbons (Fsp3) is 0.154. The molecule has 1 N–H and O–H groups in total. The van der Waals surface area contributed by atoms with E-state index in [9.17, 15) is 0 Å². The summed E-state index contributed by atoms with van der Waals surface area (Å²) in [6.07, 6.45) is 0.453. The molecule has 0 saturated carbocycles. The third-order valence-corrected chi connectivity index (χ3v) is 2.82. The molecule has 1 aromatic carbocycles. The molecule has 0 aliphatic rings. The van der Waals surface area contributed by atoms with Crippen molar-refractivity contribution in [3.8, 4) is 17.3 Å². The molecule has 0 unspecified atom stereocenters. The first-order valence-corrected chi connectivity index (χ1v) is 6.29. The first kappa shape index (κ1) is 12.5. The van der Waals surface area contributed by atoms with Crippen LogP contribution in [-0.4, -0.2) is 16.7 Å². The van der Waals surface area contributed by atoms with Gasteiger partial charge in [-0.1, -0.05) is 28.1 Å². The summed E-state index contributed by atoms with van der Waals surface area (Å²) in [5.41, 5.74) is 1.84. The van der Waals surface area contributed by atoms with Crippen LogP contribution in [0.3, 0.4) is 0 Å². The number of rotatable bonds is 4. The summed E-state index contributed by atoms with van der Waals surface area (Å²) in [5.74, 6) is 0.684. The second-order valence-electron chi connectivity index (χ2n) is 3.65. The predicted octanol–water partition coefficient (Wildman–Crippen LogP) is 3.23. The summed E-state index contributed by atoms with van der Waals surface area (Å²) in [6, 6.07) is 13.7. The van der Waals surface area contributed by atoms with Gasteiger partial charge in [-0.25, -0.2) is 0 Å². The Morgan fingerprint density at radius 1 is 1.22 bits per heavy atom. The van der Waals surface area contributed by atoms with Crippen molar-refractivity contribution in [3.05, 3.63) is 40.9 Å². The summed E-state index contributed by atoms with van der Waals surface area (Å²) >= 11 is 3.42. The highest BCUT2D eigenvalue weighted by Crippen LogP contribution is 2.21. The van der Waals surface area contributed by atoms with E-state index < -0.39 is 0 Å². The van der Waals surface area contributed by atoms with E-state index in [2.05, 4.69) is 37.5 Å². The first-order valence-electron chi connectivity index (χ1n) is 5.50. The van der Waals surface area contributed by atoms with Crippen molar-refractivity contribution in [3.63, 3.8) is 0 Å². The van der Waals surface area contributed by atoms with Crippen LogP contribution < -0.4 is 5.32 Å². The maximum atomic E-state index is 8.43. The van der Waals surface area contributed by atoms with Crippen molar-refractivity contribution in [2.75, 3.05) is 11.9 Å². The zero-order valence-corrected chi connectivity index (χ0v) is 11.2. The fourth-order valence-corrected chi connectivity index (χ4v) is 1.87. The molecule has 0 bridgehead atoms. The van der Waals surface area contributed by atoms with E-state index >= 15 is 0 Å². The Labute approximate surface area is 114 Å². The van der Waals surface area contributed by atoms with Crippen LogP contribution in [0.5, 0.6) is 0 Å². The van der Waals surface area contributed by atoms with Gasteiger partial charge in [0.25, 0.3) is 0 Å². The van der Waals surface area contributed by atoms with Crippen molar-refractivity contribution in [1.82, 2.24) is 10.2 Å². The molecule has 0 aliphatic carbocycles. The predicted molar refractivity (Wildman–Crippen MR) is 73.9 cm³/mol. The maximum absolute atomic E-state index is 8.43. The highest BCUT2D eigenvalue weighted by molar-refractivity contribution is 9.10. The number of nitrogens with zero attached hydrogens (tertiary/aromatic N) is 3. The van der Waals surface area contributed by atoms with Gasteiger partial charge in [0.15, 0.2) is 0 Å². The standard InChI is InChI=1S/C13H11BrN4/c14-11-4-1-3-10(9-11)12-5-6-13(18-17-12)16-8-2-7-15/h1,3-6,9H,2,8H2,(H,16,18). The second kappa shape index (κ2) is 6.12. The normalized spacial score (nSPS) is 9.78. The van der Waals surface area contributed by atoms with Crippen molar-refractivity contribution < 1.29 is 0 Å². The minimum absolute atomic E-state index is 0.453. The third-order valence-electron chi connectivity index (χ3n) is 2.33. The van der Waals surface area contributed by atoms with Crippen molar-refractivity contribution in [2.45, 2.75) is 6.42 Å². The fourth-order valence-electron chi connectivity index (χ4n) is 1.47. The van der Waals surface area contributed by atoms with Gasteiger partial charge in [-0.2, -0.15) is 5.26 Å². The minimum Gasteiger partial charge on any atom is -0.368 e. The van der Waals surface area contributed by atoms with Gasteiger partial charge in [0, 0.05) is 16.6 Å². The second-order valence-corrected chi connectivity index (χ2v) is 4.56. The monoisotopic (exact) mass is 302 g/mol. The lowest BCUT2D eigenvalue weighted by Crippen LogP contribution is -2.03. The van der Waals surface area contributed by atoms with Crippen LogP contribution >= 0.6 is 15.9 Å². The SMILES string of the molecule is N#CCCNc1ccc(-c2cccc(Br)c2)nn1. The van der Waals surface area contributed by atoms with E-state index in [1.807, 2.05) is 36.4 Å². The maximum Gasteiger partial charge on any atom is 0.148 e. The van der Waals surface area contributed by atoms with Crippen LogP contribution in [0.2, 0.25) is 0 Å². The molecule has 0 saturated heterocycles. The molecule has 4 nitrogen and oxygen atoms in total. The highest BCUT2D eigenvalue weighted by atomic mass is 79.9. The molecule has 2 rings (SSSR count). The first-order chi connectivity index (χ1) is 8.79. The Bertz CT molecular complexity index is 560. The van der Waals surface area contributed by atoms with Crippen molar-refractivity contribution >= 4 is 21.7 Å². The number of benzene rings is 1. The summed E-state index contributed by atoms with van der Waals surface area (Å²) in [6.45, 7) is 0.585. The molecule has 1 aromatic heterocycles. The van der Waals surface area contributed by atoms with Gasteiger partial charge >= 0.3 is 0 Å². The number of aromatic nitrogens is 2. The zero-order valence-electron chi connectivity index (χ0n) is 9.60. The summed E-state index contributed by atoms with van der Waals surface area (Å²) < 4.78 is 1.01. The quantitative estimate of drug-likeness (QED) is 0.881. The van der Waals surface area contributed by atoms with Crippen LogP contribution in [0.25, 0.3) is 11.3 Å². The largest absolute Gasteiger partial charge is 0.368 e. The van der Waals surface area contributed by atoms with Crippen LogP contribution in [0.15, 0.2) is 40.9 Å². The summed E-state index contributed by atoms with van der Waals surface area (Å²) in [4.78, 5) is 0. The number of hydrogen-bond donors (Lipinski definition) is 1. The molecule has 0 amide bonds.